The average molecular weight is 357 g/mol. The summed E-state index contributed by atoms with van der Waals surface area (Å²) in [5, 5.41) is 2.87. The molecule has 1 heterocycles. The highest BCUT2D eigenvalue weighted by molar-refractivity contribution is 5.81. The van der Waals surface area contributed by atoms with Crippen molar-refractivity contribution in [3.05, 3.63) is 35.4 Å². The third-order valence-corrected chi connectivity index (χ3v) is 5.07. The molecule has 3 rings (SSSR count). The van der Waals surface area contributed by atoms with Crippen LogP contribution in [0, 0.1) is 0 Å². The van der Waals surface area contributed by atoms with Gasteiger partial charge < -0.3 is 14.8 Å². The molecular weight excluding hydrogens is 335 g/mol. The summed E-state index contributed by atoms with van der Waals surface area (Å²) in [6, 6.07) is 5.47. The Morgan fingerprint density at radius 2 is 2.00 bits per heavy atom. The maximum Gasteiger partial charge on any atom is 0.416 e. The van der Waals surface area contributed by atoms with E-state index in [-0.39, 0.29) is 12.5 Å². The predicted octanol–water partition coefficient (Wildman–Crippen LogP) is 3.05. The molecule has 1 atom stereocenters. The van der Waals surface area contributed by atoms with Crippen LogP contribution in [0.15, 0.2) is 24.3 Å². The molecule has 2 aliphatic rings. The summed E-state index contributed by atoms with van der Waals surface area (Å²) in [6.45, 7) is 1.37. The summed E-state index contributed by atoms with van der Waals surface area (Å²) in [5.41, 5.74) is -0.459. The molecule has 0 spiro atoms. The number of benzene rings is 1. The summed E-state index contributed by atoms with van der Waals surface area (Å²) < 4.78 is 49.7. The second-order valence-corrected chi connectivity index (χ2v) is 6.72. The molecule has 138 valence electrons. The third kappa shape index (κ3) is 4.15. The lowest BCUT2D eigenvalue weighted by molar-refractivity contribution is -0.147. The van der Waals surface area contributed by atoms with E-state index in [2.05, 4.69) is 5.32 Å². The van der Waals surface area contributed by atoms with Gasteiger partial charge in [0.05, 0.1) is 25.4 Å². The molecule has 1 saturated carbocycles. The Labute approximate surface area is 144 Å². The van der Waals surface area contributed by atoms with Gasteiger partial charge in [0.2, 0.25) is 0 Å². The third-order valence-electron chi connectivity index (χ3n) is 5.07. The van der Waals surface area contributed by atoms with Gasteiger partial charge in [0.1, 0.15) is 0 Å². The van der Waals surface area contributed by atoms with Crippen LogP contribution in [0.2, 0.25) is 0 Å². The maximum absolute atomic E-state index is 13.0. The number of alkyl halides is 3. The zero-order chi connectivity index (χ0) is 17.9. The van der Waals surface area contributed by atoms with Crippen molar-refractivity contribution in [2.24, 2.45) is 0 Å². The molecule has 1 aliphatic carbocycles. The molecule has 1 aromatic carbocycles. The fraction of sp³-hybridized carbons (Fsp3) is 0.611. The van der Waals surface area contributed by atoms with Crippen LogP contribution >= 0.6 is 0 Å². The largest absolute Gasteiger partial charge is 0.416 e. The van der Waals surface area contributed by atoms with Gasteiger partial charge in [-0.25, -0.2) is 0 Å². The highest BCUT2D eigenvalue weighted by Gasteiger charge is 2.39. The Morgan fingerprint density at radius 3 is 2.64 bits per heavy atom. The molecule has 25 heavy (non-hydrogen) atoms. The molecule has 1 amide bonds. The zero-order valence-corrected chi connectivity index (χ0v) is 13.9. The highest BCUT2D eigenvalue weighted by atomic mass is 19.4. The number of hydrogen-bond donors (Lipinski definition) is 1. The lowest BCUT2D eigenvalue weighted by Gasteiger charge is -2.32. The Balaban J connectivity index is 1.74. The van der Waals surface area contributed by atoms with Crippen LogP contribution in [0.5, 0.6) is 0 Å². The molecule has 1 aliphatic heterocycles. The van der Waals surface area contributed by atoms with E-state index in [9.17, 15) is 18.0 Å². The van der Waals surface area contributed by atoms with Crippen LogP contribution in [0.1, 0.15) is 36.8 Å². The fourth-order valence-corrected chi connectivity index (χ4v) is 3.65. The van der Waals surface area contributed by atoms with Gasteiger partial charge in [0.15, 0.2) is 6.10 Å². The van der Waals surface area contributed by atoms with Crippen LogP contribution in [-0.2, 0) is 25.9 Å². The van der Waals surface area contributed by atoms with Crippen molar-refractivity contribution in [3.8, 4) is 0 Å². The molecule has 0 aromatic heterocycles. The van der Waals surface area contributed by atoms with Gasteiger partial charge in [-0.05, 0) is 24.5 Å². The monoisotopic (exact) mass is 357 g/mol. The number of halogens is 3. The molecule has 0 unspecified atom stereocenters. The Hall–Kier alpha value is -1.60. The summed E-state index contributed by atoms with van der Waals surface area (Å²) in [5.74, 6) is -0.266. The van der Waals surface area contributed by atoms with Gasteiger partial charge >= 0.3 is 6.18 Å². The minimum absolute atomic E-state index is 0.211. The standard InChI is InChI=1S/C18H22F3NO3/c19-18(20,21)14-5-3-4-13(10-14)17(6-1-2-7-17)12-22-16(23)15-11-24-8-9-25-15/h3-5,10,15H,1-2,6-9,11-12H2,(H,22,23)/t15-/m1/s1. The van der Waals surface area contributed by atoms with E-state index in [0.717, 1.165) is 31.7 Å². The van der Waals surface area contributed by atoms with Crippen molar-refractivity contribution in [3.63, 3.8) is 0 Å². The van der Waals surface area contributed by atoms with Crippen molar-refractivity contribution in [1.29, 1.82) is 0 Å². The average Bonchev–Trinajstić information content (AvgIpc) is 3.10. The summed E-state index contributed by atoms with van der Waals surface area (Å²) >= 11 is 0. The van der Waals surface area contributed by atoms with Crippen molar-refractivity contribution in [2.75, 3.05) is 26.4 Å². The Kier molecular flexibility index (Phi) is 5.34. The number of nitrogens with one attached hydrogen (secondary N) is 1. The van der Waals surface area contributed by atoms with Crippen LogP contribution in [0.4, 0.5) is 13.2 Å². The number of carbonyl (C=O) groups excluding carboxylic acids is 1. The lowest BCUT2D eigenvalue weighted by Crippen LogP contribution is -2.47. The molecule has 1 N–H and O–H groups in total. The number of hydrogen-bond acceptors (Lipinski definition) is 3. The fourth-order valence-electron chi connectivity index (χ4n) is 3.65. The van der Waals surface area contributed by atoms with Crippen molar-refractivity contribution in [2.45, 2.75) is 43.4 Å². The SMILES string of the molecule is O=C(NCC1(c2cccc(C(F)(F)F)c2)CCCC1)[C@H]1COCCO1. The molecule has 2 fully saturated rings. The minimum Gasteiger partial charge on any atom is -0.376 e. The van der Waals surface area contributed by atoms with Crippen LogP contribution < -0.4 is 5.32 Å². The van der Waals surface area contributed by atoms with Gasteiger partial charge in [-0.1, -0.05) is 31.0 Å². The topological polar surface area (TPSA) is 47.6 Å². The van der Waals surface area contributed by atoms with Gasteiger partial charge in [-0.2, -0.15) is 13.2 Å². The molecule has 7 heteroatoms. The lowest BCUT2D eigenvalue weighted by atomic mass is 9.78. The van der Waals surface area contributed by atoms with Crippen molar-refractivity contribution >= 4 is 5.91 Å². The van der Waals surface area contributed by atoms with Gasteiger partial charge in [0.25, 0.3) is 5.91 Å². The number of amides is 1. The van der Waals surface area contributed by atoms with E-state index in [1.165, 1.54) is 12.1 Å². The first kappa shape index (κ1) is 18.2. The molecule has 0 bridgehead atoms. The Morgan fingerprint density at radius 1 is 1.24 bits per heavy atom. The van der Waals surface area contributed by atoms with E-state index in [1.54, 1.807) is 6.07 Å². The van der Waals surface area contributed by atoms with Crippen LogP contribution in [-0.4, -0.2) is 38.4 Å². The number of carbonyl (C=O) groups is 1. The summed E-state index contributed by atoms with van der Waals surface area (Å²) in [6.07, 6.45) is -1.61. The van der Waals surface area contributed by atoms with Gasteiger partial charge in [-0.3, -0.25) is 4.79 Å². The Bertz CT molecular complexity index is 606. The van der Waals surface area contributed by atoms with Crippen molar-refractivity contribution < 1.29 is 27.4 Å². The first-order valence-corrected chi connectivity index (χ1v) is 8.56. The summed E-state index contributed by atoms with van der Waals surface area (Å²) in [4.78, 5) is 12.3. The van der Waals surface area contributed by atoms with E-state index < -0.39 is 23.3 Å². The number of rotatable bonds is 4. The molecule has 4 nitrogen and oxygen atoms in total. The van der Waals surface area contributed by atoms with Crippen molar-refractivity contribution in [1.82, 2.24) is 5.32 Å². The quantitative estimate of drug-likeness (QED) is 0.901. The smallest absolute Gasteiger partial charge is 0.376 e. The molecule has 1 saturated heterocycles. The summed E-state index contributed by atoms with van der Waals surface area (Å²) in [7, 11) is 0. The second-order valence-electron chi connectivity index (χ2n) is 6.72. The molecular formula is C18H22F3NO3. The second kappa shape index (κ2) is 7.33. The van der Waals surface area contributed by atoms with E-state index in [1.807, 2.05) is 0 Å². The first-order valence-electron chi connectivity index (χ1n) is 8.56. The highest BCUT2D eigenvalue weighted by Crippen LogP contribution is 2.42. The zero-order valence-electron chi connectivity index (χ0n) is 13.9. The normalized spacial score (nSPS) is 23.4. The van der Waals surface area contributed by atoms with Gasteiger partial charge in [-0.15, -0.1) is 0 Å². The number of ether oxygens (including phenoxy) is 2. The van der Waals surface area contributed by atoms with Gasteiger partial charge in [0, 0.05) is 12.0 Å². The maximum atomic E-state index is 13.0. The van der Waals surface area contributed by atoms with E-state index in [4.69, 9.17) is 9.47 Å². The predicted molar refractivity (Wildman–Crippen MR) is 85.2 cm³/mol. The molecule has 1 aromatic rings. The van der Waals surface area contributed by atoms with Crippen LogP contribution in [0.3, 0.4) is 0 Å². The van der Waals surface area contributed by atoms with Crippen LogP contribution in [0.25, 0.3) is 0 Å². The molecule has 0 radical (unpaired) electrons. The first-order chi connectivity index (χ1) is 11.9. The van der Waals surface area contributed by atoms with E-state index >= 15 is 0 Å². The minimum atomic E-state index is -4.37. The van der Waals surface area contributed by atoms with E-state index in [0.29, 0.717) is 25.3 Å².